The van der Waals surface area contributed by atoms with Crippen molar-refractivity contribution in [2.45, 2.75) is 32.2 Å². The van der Waals surface area contributed by atoms with Crippen LogP contribution in [0.5, 0.6) is 11.5 Å². The van der Waals surface area contributed by atoms with Gasteiger partial charge >= 0.3 is 0 Å². The van der Waals surface area contributed by atoms with Crippen LogP contribution in [0.1, 0.15) is 37.8 Å². The molecule has 1 aromatic carbocycles. The molecule has 0 radical (unpaired) electrons. The van der Waals surface area contributed by atoms with E-state index in [9.17, 15) is 9.18 Å². The molecule has 2 N–H and O–H groups in total. The lowest BCUT2D eigenvalue weighted by molar-refractivity contribution is -0.122. The summed E-state index contributed by atoms with van der Waals surface area (Å²) in [7, 11) is 2.96. The summed E-state index contributed by atoms with van der Waals surface area (Å²) in [4.78, 5) is 12.1. The molecule has 0 spiro atoms. The molecule has 0 saturated carbocycles. The van der Waals surface area contributed by atoms with Gasteiger partial charge in [-0.25, -0.2) is 4.39 Å². The maximum atomic E-state index is 14.2. The number of methoxy groups -OCH3 is 2. The number of ether oxygens (including phenoxy) is 2. The van der Waals surface area contributed by atoms with Gasteiger partial charge in [0, 0.05) is 18.1 Å². The maximum absolute atomic E-state index is 14.2. The first kappa shape index (κ1) is 20.5. The molecule has 0 aromatic heterocycles. The number of carbonyl (C=O) groups is 1. The van der Waals surface area contributed by atoms with E-state index >= 15 is 0 Å². The Hall–Kier alpha value is -1.53. The van der Waals surface area contributed by atoms with Gasteiger partial charge in [0.15, 0.2) is 11.5 Å². The third-order valence-corrected chi connectivity index (χ3v) is 4.29. The molecule has 2 atom stereocenters. The third kappa shape index (κ3) is 5.24. The lowest BCUT2D eigenvalue weighted by Gasteiger charge is -2.18. The van der Waals surface area contributed by atoms with E-state index in [-0.39, 0.29) is 18.3 Å². The molecule has 0 aliphatic carbocycles. The summed E-state index contributed by atoms with van der Waals surface area (Å²) in [6, 6.07) is 2.42. The molecule has 1 aliphatic heterocycles. The Balaban J connectivity index is 0.00000288. The molecular weight excluding hydrogens is 335 g/mol. The van der Waals surface area contributed by atoms with Gasteiger partial charge in [0.25, 0.3) is 0 Å². The van der Waals surface area contributed by atoms with Crippen LogP contribution in [-0.4, -0.2) is 33.2 Å². The fourth-order valence-electron chi connectivity index (χ4n) is 2.89. The zero-order valence-electron chi connectivity index (χ0n) is 14.4. The minimum absolute atomic E-state index is 0. The molecule has 2 rings (SSSR count). The van der Waals surface area contributed by atoms with Crippen molar-refractivity contribution >= 4 is 18.3 Å². The number of halogens is 2. The predicted molar refractivity (Wildman–Crippen MR) is 93.5 cm³/mol. The summed E-state index contributed by atoms with van der Waals surface area (Å²) in [5.74, 6) is 0.867. The molecular formula is C17H26ClFN2O3. The van der Waals surface area contributed by atoms with Gasteiger partial charge in [-0.3, -0.25) is 4.79 Å². The molecule has 1 aliphatic rings. The summed E-state index contributed by atoms with van der Waals surface area (Å²) < 4.78 is 24.5. The molecule has 2 unspecified atom stereocenters. The van der Waals surface area contributed by atoms with Crippen molar-refractivity contribution in [1.82, 2.24) is 10.6 Å². The molecule has 5 nitrogen and oxygen atoms in total. The zero-order valence-corrected chi connectivity index (χ0v) is 15.2. The molecule has 1 fully saturated rings. The highest BCUT2D eigenvalue weighted by Gasteiger charge is 2.19. The van der Waals surface area contributed by atoms with Crippen LogP contribution in [0.3, 0.4) is 0 Å². The Labute approximate surface area is 148 Å². The lowest BCUT2D eigenvalue weighted by Crippen LogP contribution is -2.27. The number of amides is 1. The van der Waals surface area contributed by atoms with Crippen LogP contribution >= 0.6 is 12.4 Å². The lowest BCUT2D eigenvalue weighted by atomic mass is 10.0. The SMILES string of the molecule is COc1cc(F)c(C(C)NC(=O)CCC2CCNC2)cc1OC.Cl. The van der Waals surface area contributed by atoms with Crippen LogP contribution in [-0.2, 0) is 4.79 Å². The topological polar surface area (TPSA) is 59.6 Å². The van der Waals surface area contributed by atoms with Crippen LogP contribution in [0.15, 0.2) is 12.1 Å². The highest BCUT2D eigenvalue weighted by atomic mass is 35.5. The van der Waals surface area contributed by atoms with E-state index in [1.54, 1.807) is 13.0 Å². The van der Waals surface area contributed by atoms with Gasteiger partial charge in [0.2, 0.25) is 5.91 Å². The van der Waals surface area contributed by atoms with Crippen LogP contribution in [0.2, 0.25) is 0 Å². The third-order valence-electron chi connectivity index (χ3n) is 4.29. The fraction of sp³-hybridized carbons (Fsp3) is 0.588. The Morgan fingerprint density at radius 3 is 2.62 bits per heavy atom. The highest BCUT2D eigenvalue weighted by Crippen LogP contribution is 2.32. The van der Waals surface area contributed by atoms with Crippen molar-refractivity contribution in [3.05, 3.63) is 23.5 Å². The van der Waals surface area contributed by atoms with E-state index in [0.29, 0.717) is 29.4 Å². The number of nitrogens with one attached hydrogen (secondary N) is 2. The summed E-state index contributed by atoms with van der Waals surface area (Å²) in [6.07, 6.45) is 2.44. The summed E-state index contributed by atoms with van der Waals surface area (Å²) >= 11 is 0. The van der Waals surface area contributed by atoms with E-state index in [1.165, 1.54) is 20.3 Å². The van der Waals surface area contributed by atoms with E-state index in [1.807, 2.05) is 0 Å². The van der Waals surface area contributed by atoms with Gasteiger partial charge in [-0.1, -0.05) is 0 Å². The number of rotatable bonds is 7. The second kappa shape index (κ2) is 9.69. The van der Waals surface area contributed by atoms with Gasteiger partial charge in [0.1, 0.15) is 5.82 Å². The Morgan fingerprint density at radius 2 is 2.04 bits per heavy atom. The molecule has 1 amide bonds. The van der Waals surface area contributed by atoms with Crippen molar-refractivity contribution in [3.8, 4) is 11.5 Å². The van der Waals surface area contributed by atoms with Crippen LogP contribution in [0, 0.1) is 11.7 Å². The monoisotopic (exact) mass is 360 g/mol. The van der Waals surface area contributed by atoms with Gasteiger partial charge in [-0.2, -0.15) is 0 Å². The molecule has 1 heterocycles. The van der Waals surface area contributed by atoms with Gasteiger partial charge < -0.3 is 20.1 Å². The highest BCUT2D eigenvalue weighted by molar-refractivity contribution is 5.85. The van der Waals surface area contributed by atoms with Crippen molar-refractivity contribution in [2.24, 2.45) is 5.92 Å². The number of hydrogen-bond acceptors (Lipinski definition) is 4. The van der Waals surface area contributed by atoms with Crippen LogP contribution in [0.25, 0.3) is 0 Å². The quantitative estimate of drug-likeness (QED) is 0.785. The first-order valence-corrected chi connectivity index (χ1v) is 7.96. The number of hydrogen-bond donors (Lipinski definition) is 2. The summed E-state index contributed by atoms with van der Waals surface area (Å²) in [6.45, 7) is 3.77. The predicted octanol–water partition coefficient (Wildman–Crippen LogP) is 2.83. The minimum Gasteiger partial charge on any atom is -0.493 e. The van der Waals surface area contributed by atoms with E-state index < -0.39 is 11.9 Å². The smallest absolute Gasteiger partial charge is 0.220 e. The molecule has 136 valence electrons. The molecule has 7 heteroatoms. The Bertz CT molecular complexity index is 551. The molecule has 24 heavy (non-hydrogen) atoms. The van der Waals surface area contributed by atoms with Gasteiger partial charge in [-0.05, 0) is 44.8 Å². The van der Waals surface area contributed by atoms with Crippen molar-refractivity contribution in [3.63, 3.8) is 0 Å². The minimum atomic E-state index is -0.427. The van der Waals surface area contributed by atoms with E-state index in [4.69, 9.17) is 9.47 Å². The number of carbonyl (C=O) groups excluding carboxylic acids is 1. The second-order valence-corrected chi connectivity index (χ2v) is 5.92. The molecule has 0 bridgehead atoms. The van der Waals surface area contributed by atoms with Crippen LogP contribution < -0.4 is 20.1 Å². The second-order valence-electron chi connectivity index (χ2n) is 5.92. The van der Waals surface area contributed by atoms with Crippen molar-refractivity contribution in [1.29, 1.82) is 0 Å². The molecule has 1 saturated heterocycles. The number of benzene rings is 1. The average molecular weight is 361 g/mol. The normalized spacial score (nSPS) is 17.8. The Kier molecular flexibility index (Phi) is 8.28. The first-order valence-electron chi connectivity index (χ1n) is 7.96. The van der Waals surface area contributed by atoms with Gasteiger partial charge in [-0.15, -0.1) is 12.4 Å². The average Bonchev–Trinajstić information content (AvgIpc) is 3.05. The molecule has 1 aromatic rings. The summed E-state index contributed by atoms with van der Waals surface area (Å²) in [5.41, 5.74) is 0.388. The van der Waals surface area contributed by atoms with Gasteiger partial charge in [0.05, 0.1) is 20.3 Å². The van der Waals surface area contributed by atoms with Crippen molar-refractivity contribution < 1.29 is 18.7 Å². The van der Waals surface area contributed by atoms with Crippen molar-refractivity contribution in [2.75, 3.05) is 27.3 Å². The summed E-state index contributed by atoms with van der Waals surface area (Å²) in [5, 5.41) is 6.14. The standard InChI is InChI=1S/C17H25FN2O3.ClH/c1-11(20-17(21)5-4-12-6-7-19-10-12)13-8-15(22-2)16(23-3)9-14(13)18;/h8-9,11-12,19H,4-7,10H2,1-3H3,(H,20,21);1H. The maximum Gasteiger partial charge on any atom is 0.220 e. The van der Waals surface area contributed by atoms with Crippen LogP contribution in [0.4, 0.5) is 4.39 Å². The first-order chi connectivity index (χ1) is 11.0. The fourth-order valence-corrected chi connectivity index (χ4v) is 2.89. The zero-order chi connectivity index (χ0) is 16.8. The van der Waals surface area contributed by atoms with E-state index in [0.717, 1.165) is 25.9 Å². The van der Waals surface area contributed by atoms with E-state index in [2.05, 4.69) is 10.6 Å². The Morgan fingerprint density at radius 1 is 1.38 bits per heavy atom. The largest absolute Gasteiger partial charge is 0.493 e.